The van der Waals surface area contributed by atoms with Crippen molar-refractivity contribution in [1.82, 2.24) is 0 Å². The van der Waals surface area contributed by atoms with Gasteiger partial charge in [-0.15, -0.1) is 0 Å². The normalized spacial score (nSPS) is 17.9. The van der Waals surface area contributed by atoms with E-state index >= 15 is 0 Å². The Morgan fingerprint density at radius 2 is 1.89 bits per heavy atom. The Balaban J connectivity index is 2.07. The van der Waals surface area contributed by atoms with E-state index in [1.807, 2.05) is 31.2 Å². The third kappa shape index (κ3) is 2.93. The minimum Gasteiger partial charge on any atom is -0.367 e. The molecule has 1 aromatic carbocycles. The zero-order chi connectivity index (χ0) is 13.0. The standard InChI is InChI=1S/C15H19ClO2/c1-2-18-15(9-3-4-10-15)14(17)11-12-5-7-13(16)8-6-12/h5-8H,2-4,9-11H2,1H3. The summed E-state index contributed by atoms with van der Waals surface area (Å²) >= 11 is 5.84. The Labute approximate surface area is 113 Å². The molecule has 98 valence electrons. The minimum absolute atomic E-state index is 0.212. The van der Waals surface area contributed by atoms with Crippen LogP contribution in [0.3, 0.4) is 0 Å². The summed E-state index contributed by atoms with van der Waals surface area (Å²) in [5.74, 6) is 0.212. The lowest BCUT2D eigenvalue weighted by Crippen LogP contribution is -2.40. The second kappa shape index (κ2) is 5.85. The lowest BCUT2D eigenvalue weighted by molar-refractivity contribution is -0.142. The molecule has 2 rings (SSSR count). The van der Waals surface area contributed by atoms with Crippen LogP contribution in [0.1, 0.15) is 38.2 Å². The number of carbonyl (C=O) groups excluding carboxylic acids is 1. The smallest absolute Gasteiger partial charge is 0.168 e. The molecule has 0 heterocycles. The van der Waals surface area contributed by atoms with Crippen molar-refractivity contribution in [2.24, 2.45) is 0 Å². The second-order valence-corrected chi connectivity index (χ2v) is 5.30. The molecule has 0 amide bonds. The van der Waals surface area contributed by atoms with Gasteiger partial charge >= 0.3 is 0 Å². The third-order valence-corrected chi connectivity index (χ3v) is 3.87. The van der Waals surface area contributed by atoms with E-state index in [2.05, 4.69) is 0 Å². The molecule has 0 aliphatic heterocycles. The van der Waals surface area contributed by atoms with Crippen molar-refractivity contribution in [3.8, 4) is 0 Å². The van der Waals surface area contributed by atoms with Crippen LogP contribution in [0.4, 0.5) is 0 Å². The van der Waals surface area contributed by atoms with E-state index in [4.69, 9.17) is 16.3 Å². The molecule has 0 bridgehead atoms. The van der Waals surface area contributed by atoms with Crippen LogP contribution < -0.4 is 0 Å². The van der Waals surface area contributed by atoms with Crippen LogP contribution in [0.2, 0.25) is 5.02 Å². The number of hydrogen-bond donors (Lipinski definition) is 0. The summed E-state index contributed by atoms with van der Waals surface area (Å²) in [6.45, 7) is 2.56. The van der Waals surface area contributed by atoms with Crippen LogP contribution in [0.25, 0.3) is 0 Å². The van der Waals surface area contributed by atoms with Crippen LogP contribution in [-0.2, 0) is 16.0 Å². The zero-order valence-electron chi connectivity index (χ0n) is 10.7. The SMILES string of the molecule is CCOC1(C(=O)Cc2ccc(Cl)cc2)CCCC1. The Morgan fingerprint density at radius 1 is 1.28 bits per heavy atom. The summed E-state index contributed by atoms with van der Waals surface area (Å²) in [4.78, 5) is 12.5. The van der Waals surface area contributed by atoms with Gasteiger partial charge < -0.3 is 4.74 Å². The molecule has 3 heteroatoms. The first kappa shape index (κ1) is 13.6. The van der Waals surface area contributed by atoms with Gasteiger partial charge in [-0.25, -0.2) is 0 Å². The van der Waals surface area contributed by atoms with Crippen molar-refractivity contribution >= 4 is 17.4 Å². The van der Waals surface area contributed by atoms with Gasteiger partial charge in [0, 0.05) is 18.1 Å². The molecule has 2 nitrogen and oxygen atoms in total. The lowest BCUT2D eigenvalue weighted by atomic mass is 9.91. The largest absolute Gasteiger partial charge is 0.367 e. The van der Waals surface area contributed by atoms with E-state index in [0.717, 1.165) is 31.2 Å². The fraction of sp³-hybridized carbons (Fsp3) is 0.533. The first-order chi connectivity index (χ1) is 8.66. The molecule has 0 unspecified atom stereocenters. The number of ketones is 1. The number of hydrogen-bond acceptors (Lipinski definition) is 2. The number of halogens is 1. The first-order valence-corrected chi connectivity index (χ1v) is 6.96. The van der Waals surface area contributed by atoms with E-state index in [0.29, 0.717) is 18.1 Å². The molecule has 0 saturated heterocycles. The second-order valence-electron chi connectivity index (χ2n) is 4.86. The quantitative estimate of drug-likeness (QED) is 0.810. The van der Waals surface area contributed by atoms with E-state index < -0.39 is 5.60 Å². The van der Waals surface area contributed by atoms with Crippen LogP contribution in [0, 0.1) is 0 Å². The lowest BCUT2D eigenvalue weighted by Gasteiger charge is -2.27. The number of ether oxygens (including phenoxy) is 1. The van der Waals surface area contributed by atoms with Gasteiger partial charge in [-0.3, -0.25) is 4.79 Å². The molecule has 1 aromatic rings. The predicted molar refractivity (Wildman–Crippen MR) is 73.0 cm³/mol. The maximum absolute atomic E-state index is 12.5. The molecule has 0 aromatic heterocycles. The molecule has 1 fully saturated rings. The third-order valence-electron chi connectivity index (χ3n) is 3.62. The number of benzene rings is 1. The van der Waals surface area contributed by atoms with E-state index in [1.54, 1.807) is 0 Å². The predicted octanol–water partition coefficient (Wildman–Crippen LogP) is 3.80. The van der Waals surface area contributed by atoms with E-state index in [-0.39, 0.29) is 5.78 Å². The number of carbonyl (C=O) groups is 1. The molecule has 1 saturated carbocycles. The number of Topliss-reactive ketones (excluding diaryl/α,β-unsaturated/α-hetero) is 1. The van der Waals surface area contributed by atoms with Crippen molar-refractivity contribution in [1.29, 1.82) is 0 Å². The van der Waals surface area contributed by atoms with Gasteiger partial charge in [0.25, 0.3) is 0 Å². The van der Waals surface area contributed by atoms with E-state index in [9.17, 15) is 4.79 Å². The molecule has 1 aliphatic rings. The van der Waals surface area contributed by atoms with Crippen LogP contribution in [0.15, 0.2) is 24.3 Å². The highest BCUT2D eigenvalue weighted by Crippen LogP contribution is 2.35. The highest BCUT2D eigenvalue weighted by atomic mass is 35.5. The maximum atomic E-state index is 12.5. The molecule has 0 spiro atoms. The van der Waals surface area contributed by atoms with Gasteiger partial charge in [0.15, 0.2) is 5.78 Å². The van der Waals surface area contributed by atoms with Crippen molar-refractivity contribution in [2.75, 3.05) is 6.61 Å². The van der Waals surface area contributed by atoms with Crippen molar-refractivity contribution in [3.05, 3.63) is 34.9 Å². The topological polar surface area (TPSA) is 26.3 Å². The van der Waals surface area contributed by atoms with Crippen molar-refractivity contribution in [2.45, 2.75) is 44.6 Å². The summed E-state index contributed by atoms with van der Waals surface area (Å²) in [7, 11) is 0. The maximum Gasteiger partial charge on any atom is 0.168 e. The van der Waals surface area contributed by atoms with Crippen LogP contribution in [-0.4, -0.2) is 18.0 Å². The van der Waals surface area contributed by atoms with Gasteiger partial charge in [-0.2, -0.15) is 0 Å². The Hall–Kier alpha value is -0.860. The summed E-state index contributed by atoms with van der Waals surface area (Å²) in [6, 6.07) is 7.47. The van der Waals surface area contributed by atoms with Crippen molar-refractivity contribution < 1.29 is 9.53 Å². The summed E-state index contributed by atoms with van der Waals surface area (Å²) < 4.78 is 5.77. The molecule has 18 heavy (non-hydrogen) atoms. The summed E-state index contributed by atoms with van der Waals surface area (Å²) in [5, 5.41) is 0.701. The molecule has 0 atom stereocenters. The average Bonchev–Trinajstić information content (AvgIpc) is 2.82. The van der Waals surface area contributed by atoms with Gasteiger partial charge in [0.2, 0.25) is 0 Å². The Bertz CT molecular complexity index is 405. The first-order valence-electron chi connectivity index (χ1n) is 6.58. The van der Waals surface area contributed by atoms with E-state index in [1.165, 1.54) is 0 Å². The minimum atomic E-state index is -0.519. The monoisotopic (exact) mass is 266 g/mol. The highest BCUT2D eigenvalue weighted by Gasteiger charge is 2.41. The summed E-state index contributed by atoms with van der Waals surface area (Å²) in [5.41, 5.74) is 0.490. The molecule has 0 radical (unpaired) electrons. The van der Waals surface area contributed by atoms with Gasteiger partial charge in [0.1, 0.15) is 5.60 Å². The van der Waals surface area contributed by atoms with Gasteiger partial charge in [-0.05, 0) is 50.3 Å². The van der Waals surface area contributed by atoms with Crippen molar-refractivity contribution in [3.63, 3.8) is 0 Å². The Morgan fingerprint density at radius 3 is 2.44 bits per heavy atom. The molecule has 1 aliphatic carbocycles. The zero-order valence-corrected chi connectivity index (χ0v) is 11.5. The summed E-state index contributed by atoms with van der Waals surface area (Å²) in [6.07, 6.45) is 4.36. The van der Waals surface area contributed by atoms with Crippen LogP contribution >= 0.6 is 11.6 Å². The Kier molecular flexibility index (Phi) is 4.41. The fourth-order valence-electron chi connectivity index (χ4n) is 2.67. The average molecular weight is 267 g/mol. The van der Waals surface area contributed by atoms with Gasteiger partial charge in [0.05, 0.1) is 0 Å². The molecular weight excluding hydrogens is 248 g/mol. The molecule has 0 N–H and O–H groups in total. The van der Waals surface area contributed by atoms with Crippen LogP contribution in [0.5, 0.6) is 0 Å². The molecular formula is C15H19ClO2. The number of rotatable bonds is 5. The fourth-order valence-corrected chi connectivity index (χ4v) is 2.80. The van der Waals surface area contributed by atoms with Gasteiger partial charge in [-0.1, -0.05) is 23.7 Å². The highest BCUT2D eigenvalue weighted by molar-refractivity contribution is 6.30.